The van der Waals surface area contributed by atoms with Crippen molar-refractivity contribution in [1.82, 2.24) is 4.90 Å². The van der Waals surface area contributed by atoms with Crippen molar-refractivity contribution in [3.8, 4) is 0 Å². The average molecular weight is 337 g/mol. The van der Waals surface area contributed by atoms with Crippen LogP contribution in [0.1, 0.15) is 30.0 Å². The summed E-state index contributed by atoms with van der Waals surface area (Å²) in [5.41, 5.74) is 7.40. The molecule has 3 nitrogen and oxygen atoms in total. The summed E-state index contributed by atoms with van der Waals surface area (Å²) in [5, 5.41) is 0. The van der Waals surface area contributed by atoms with Gasteiger partial charge in [0.15, 0.2) is 0 Å². The van der Waals surface area contributed by atoms with Gasteiger partial charge in [-0.25, -0.2) is 0 Å². The number of benzene rings is 1. The van der Waals surface area contributed by atoms with Gasteiger partial charge in [0.1, 0.15) is 11.5 Å². The first-order valence-corrected chi connectivity index (χ1v) is 7.53. The molecule has 2 rings (SSSR count). The molecule has 0 saturated heterocycles. The number of rotatable bonds is 5. The first kappa shape index (κ1) is 15.3. The van der Waals surface area contributed by atoms with Gasteiger partial charge in [0.2, 0.25) is 0 Å². The maximum absolute atomic E-state index is 6.15. The number of nitrogens with two attached hydrogens (primary N) is 1. The Morgan fingerprint density at radius 3 is 2.35 bits per heavy atom. The molecule has 0 bridgehead atoms. The van der Waals surface area contributed by atoms with Gasteiger partial charge in [0, 0.05) is 17.1 Å². The molecule has 0 fully saturated rings. The van der Waals surface area contributed by atoms with Crippen LogP contribution in [0.5, 0.6) is 0 Å². The molecule has 1 aromatic heterocycles. The molecule has 0 aliphatic heterocycles. The summed E-state index contributed by atoms with van der Waals surface area (Å²) in [5.74, 6) is 1.85. The third-order valence-corrected chi connectivity index (χ3v) is 3.90. The number of hydrogen-bond acceptors (Lipinski definition) is 3. The molecule has 0 amide bonds. The van der Waals surface area contributed by atoms with E-state index in [1.165, 1.54) is 5.56 Å². The highest BCUT2D eigenvalue weighted by Gasteiger charge is 2.24. The summed E-state index contributed by atoms with van der Waals surface area (Å²) in [6.45, 7) is 4.80. The maximum atomic E-state index is 6.15. The third kappa shape index (κ3) is 3.72. The zero-order chi connectivity index (χ0) is 14.7. The number of aryl methyl sites for hydroxylation is 1. The number of nitrogens with zero attached hydrogens (tertiary/aromatic N) is 1. The molecule has 0 spiro atoms. The summed E-state index contributed by atoms with van der Waals surface area (Å²) in [6.07, 6.45) is 0. The van der Waals surface area contributed by atoms with Crippen molar-refractivity contribution in [3.63, 3.8) is 0 Å². The molecule has 1 heterocycles. The van der Waals surface area contributed by atoms with Crippen molar-refractivity contribution >= 4 is 15.9 Å². The molecule has 4 heteroatoms. The van der Waals surface area contributed by atoms with Crippen LogP contribution in [-0.2, 0) is 6.54 Å². The Labute approximate surface area is 128 Å². The standard InChI is InChI=1S/C16H21BrN2O/c1-11-4-9-15(20-11)16(12(2)18)19(3)10-13-5-7-14(17)8-6-13/h4-9,12,16H,10,18H2,1-3H3. The molecule has 0 saturated carbocycles. The molecule has 2 unspecified atom stereocenters. The van der Waals surface area contributed by atoms with Crippen LogP contribution in [0.2, 0.25) is 0 Å². The second kappa shape index (κ2) is 6.57. The van der Waals surface area contributed by atoms with E-state index in [2.05, 4.69) is 52.1 Å². The largest absolute Gasteiger partial charge is 0.465 e. The fraction of sp³-hybridized carbons (Fsp3) is 0.375. The Bertz CT molecular complexity index is 548. The van der Waals surface area contributed by atoms with Crippen molar-refractivity contribution in [3.05, 3.63) is 58.0 Å². The van der Waals surface area contributed by atoms with E-state index in [4.69, 9.17) is 10.2 Å². The summed E-state index contributed by atoms with van der Waals surface area (Å²) in [7, 11) is 2.08. The van der Waals surface area contributed by atoms with Crippen LogP contribution in [0.15, 0.2) is 45.3 Å². The lowest BCUT2D eigenvalue weighted by Crippen LogP contribution is -2.36. The topological polar surface area (TPSA) is 42.4 Å². The average Bonchev–Trinajstić information content (AvgIpc) is 2.78. The predicted molar refractivity (Wildman–Crippen MR) is 85.4 cm³/mol. The van der Waals surface area contributed by atoms with Gasteiger partial charge in [-0.1, -0.05) is 28.1 Å². The van der Waals surface area contributed by atoms with E-state index in [0.29, 0.717) is 0 Å². The minimum absolute atomic E-state index is 0.000924. The number of halogens is 1. The number of hydrogen-bond donors (Lipinski definition) is 1. The molecule has 108 valence electrons. The molecule has 1 aromatic carbocycles. The van der Waals surface area contributed by atoms with Crippen LogP contribution >= 0.6 is 15.9 Å². The van der Waals surface area contributed by atoms with E-state index >= 15 is 0 Å². The molecule has 0 aliphatic carbocycles. The van der Waals surface area contributed by atoms with E-state index in [1.54, 1.807) is 0 Å². The van der Waals surface area contributed by atoms with Crippen molar-refractivity contribution < 1.29 is 4.42 Å². The van der Waals surface area contributed by atoms with Gasteiger partial charge >= 0.3 is 0 Å². The quantitative estimate of drug-likeness (QED) is 0.901. The van der Waals surface area contributed by atoms with E-state index in [-0.39, 0.29) is 12.1 Å². The van der Waals surface area contributed by atoms with Gasteiger partial charge in [0.25, 0.3) is 0 Å². The molecular formula is C16H21BrN2O. The van der Waals surface area contributed by atoms with Crippen molar-refractivity contribution in [2.45, 2.75) is 32.5 Å². The SMILES string of the molecule is Cc1ccc(C(C(C)N)N(C)Cc2ccc(Br)cc2)o1. The summed E-state index contributed by atoms with van der Waals surface area (Å²) in [6, 6.07) is 12.4. The minimum Gasteiger partial charge on any atom is -0.465 e. The van der Waals surface area contributed by atoms with Crippen LogP contribution in [0.25, 0.3) is 0 Å². The highest BCUT2D eigenvalue weighted by atomic mass is 79.9. The Balaban J connectivity index is 2.15. The molecule has 0 radical (unpaired) electrons. The van der Waals surface area contributed by atoms with Crippen LogP contribution < -0.4 is 5.73 Å². The van der Waals surface area contributed by atoms with Gasteiger partial charge in [0.05, 0.1) is 6.04 Å². The smallest absolute Gasteiger partial charge is 0.122 e. The predicted octanol–water partition coefficient (Wildman–Crippen LogP) is 3.87. The van der Waals surface area contributed by atoms with Crippen molar-refractivity contribution in [2.24, 2.45) is 5.73 Å². The minimum atomic E-state index is 0.000924. The lowest BCUT2D eigenvalue weighted by molar-refractivity contribution is 0.182. The fourth-order valence-electron chi connectivity index (χ4n) is 2.47. The zero-order valence-electron chi connectivity index (χ0n) is 12.1. The van der Waals surface area contributed by atoms with E-state index < -0.39 is 0 Å². The highest BCUT2D eigenvalue weighted by molar-refractivity contribution is 9.10. The first-order chi connectivity index (χ1) is 9.47. The summed E-state index contributed by atoms with van der Waals surface area (Å²) < 4.78 is 6.85. The van der Waals surface area contributed by atoms with Crippen LogP contribution in [0, 0.1) is 6.92 Å². The molecule has 0 aliphatic rings. The van der Waals surface area contributed by atoms with Gasteiger partial charge in [-0.05, 0) is 50.7 Å². The molecule has 2 aromatic rings. The Morgan fingerprint density at radius 2 is 1.85 bits per heavy atom. The molecule has 2 N–H and O–H groups in total. The monoisotopic (exact) mass is 336 g/mol. The Morgan fingerprint density at radius 1 is 1.20 bits per heavy atom. The van der Waals surface area contributed by atoms with E-state index in [0.717, 1.165) is 22.5 Å². The lowest BCUT2D eigenvalue weighted by atomic mass is 10.1. The first-order valence-electron chi connectivity index (χ1n) is 6.74. The second-order valence-electron chi connectivity index (χ2n) is 5.29. The Hall–Kier alpha value is -1.10. The van der Waals surface area contributed by atoms with Gasteiger partial charge in [-0.15, -0.1) is 0 Å². The molecule has 20 heavy (non-hydrogen) atoms. The van der Waals surface area contributed by atoms with Crippen molar-refractivity contribution in [1.29, 1.82) is 0 Å². The van der Waals surface area contributed by atoms with Crippen LogP contribution in [0.4, 0.5) is 0 Å². The van der Waals surface area contributed by atoms with Gasteiger partial charge in [-0.3, -0.25) is 4.90 Å². The number of likely N-dealkylation sites (N-methyl/N-ethyl adjacent to an activating group) is 1. The second-order valence-corrected chi connectivity index (χ2v) is 6.21. The third-order valence-electron chi connectivity index (χ3n) is 3.37. The zero-order valence-corrected chi connectivity index (χ0v) is 13.7. The lowest BCUT2D eigenvalue weighted by Gasteiger charge is -2.29. The number of furan rings is 1. The van der Waals surface area contributed by atoms with E-state index in [9.17, 15) is 0 Å². The summed E-state index contributed by atoms with van der Waals surface area (Å²) in [4.78, 5) is 2.23. The highest BCUT2D eigenvalue weighted by Crippen LogP contribution is 2.26. The maximum Gasteiger partial charge on any atom is 0.122 e. The normalized spacial score (nSPS) is 14.5. The van der Waals surface area contributed by atoms with E-state index in [1.807, 2.05) is 26.0 Å². The summed E-state index contributed by atoms with van der Waals surface area (Å²) >= 11 is 3.45. The van der Waals surface area contributed by atoms with Crippen LogP contribution in [-0.4, -0.2) is 18.0 Å². The Kier molecular flexibility index (Phi) is 5.02. The fourth-order valence-corrected chi connectivity index (χ4v) is 2.73. The molecular weight excluding hydrogens is 316 g/mol. The van der Waals surface area contributed by atoms with Crippen molar-refractivity contribution in [2.75, 3.05) is 7.05 Å². The van der Waals surface area contributed by atoms with Gasteiger partial charge < -0.3 is 10.2 Å². The van der Waals surface area contributed by atoms with Gasteiger partial charge in [-0.2, -0.15) is 0 Å². The molecule has 2 atom stereocenters. The van der Waals surface area contributed by atoms with Crippen LogP contribution in [0.3, 0.4) is 0 Å².